The highest BCUT2D eigenvalue weighted by atomic mass is 16.2. The minimum absolute atomic E-state index is 0.0848. The molecule has 2 aliphatic heterocycles. The molecular weight excluding hydrogens is 264 g/mol. The fourth-order valence-electron chi connectivity index (χ4n) is 3.56. The van der Waals surface area contributed by atoms with Gasteiger partial charge in [0, 0.05) is 6.54 Å². The van der Waals surface area contributed by atoms with E-state index in [4.69, 9.17) is 5.73 Å². The first-order valence-electron chi connectivity index (χ1n) is 8.17. The maximum absolute atomic E-state index is 12.6. The predicted octanol–water partition coefficient (Wildman–Crippen LogP) is 1.68. The van der Waals surface area contributed by atoms with Gasteiger partial charge in [-0.1, -0.05) is 13.8 Å². The lowest BCUT2D eigenvalue weighted by atomic mass is 9.90. The number of aliphatic imine (C=N–C) groups is 1. The van der Waals surface area contributed by atoms with Gasteiger partial charge in [0.25, 0.3) is 5.91 Å². The van der Waals surface area contributed by atoms with Crippen LogP contribution in [0, 0.1) is 11.8 Å². The van der Waals surface area contributed by atoms with Crippen molar-refractivity contribution < 1.29 is 4.79 Å². The molecule has 2 rings (SSSR count). The van der Waals surface area contributed by atoms with Crippen LogP contribution in [0.3, 0.4) is 0 Å². The molecule has 0 aromatic heterocycles. The molecule has 1 amide bonds. The van der Waals surface area contributed by atoms with E-state index in [1.54, 1.807) is 4.90 Å². The molecule has 1 saturated heterocycles. The Kier molecular flexibility index (Phi) is 4.91. The topological polar surface area (TPSA) is 61.9 Å². The van der Waals surface area contributed by atoms with Gasteiger partial charge in [-0.25, -0.2) is 4.99 Å². The van der Waals surface area contributed by atoms with Crippen molar-refractivity contribution in [1.82, 2.24) is 9.80 Å². The van der Waals surface area contributed by atoms with Gasteiger partial charge in [-0.15, -0.1) is 0 Å². The molecule has 0 saturated carbocycles. The lowest BCUT2D eigenvalue weighted by molar-refractivity contribution is -0.131. The molecule has 21 heavy (non-hydrogen) atoms. The number of nitrogens with two attached hydrogens (primary N) is 1. The molecule has 5 nitrogen and oxygen atoms in total. The number of hydrogen-bond donors (Lipinski definition) is 1. The average Bonchev–Trinajstić information content (AvgIpc) is 2.59. The second-order valence-corrected chi connectivity index (χ2v) is 7.33. The summed E-state index contributed by atoms with van der Waals surface area (Å²) in [6.07, 6.45) is 4.24. The van der Waals surface area contributed by atoms with Crippen LogP contribution in [0.4, 0.5) is 0 Å². The molecular formula is C16H30N4O. The summed E-state index contributed by atoms with van der Waals surface area (Å²) in [4.78, 5) is 21.2. The van der Waals surface area contributed by atoms with Gasteiger partial charge in [0.1, 0.15) is 5.54 Å². The minimum Gasteiger partial charge on any atom is -0.369 e. The number of guanidine groups is 1. The van der Waals surface area contributed by atoms with Crippen LogP contribution < -0.4 is 5.73 Å². The van der Waals surface area contributed by atoms with Gasteiger partial charge >= 0.3 is 0 Å². The van der Waals surface area contributed by atoms with Gasteiger partial charge < -0.3 is 10.6 Å². The van der Waals surface area contributed by atoms with Gasteiger partial charge in [0.05, 0.1) is 0 Å². The van der Waals surface area contributed by atoms with Crippen molar-refractivity contribution in [2.24, 2.45) is 22.6 Å². The number of amides is 1. The summed E-state index contributed by atoms with van der Waals surface area (Å²) in [5, 5.41) is 0. The lowest BCUT2D eigenvalue weighted by Gasteiger charge is -2.30. The van der Waals surface area contributed by atoms with Gasteiger partial charge in [-0.2, -0.15) is 0 Å². The average molecular weight is 294 g/mol. The molecule has 1 atom stereocenters. The van der Waals surface area contributed by atoms with E-state index in [1.165, 1.54) is 12.8 Å². The standard InChI is InChI=1S/C16H30N4O/c1-12(2)11-16(3)14(21)20(15(17)18-16)10-7-13-5-8-19(4)9-6-13/h12-13H,5-11H2,1-4H3,(H2,17,18). The number of likely N-dealkylation sites (tertiary alicyclic amines) is 1. The molecule has 0 aromatic rings. The molecule has 2 N–H and O–H groups in total. The zero-order valence-electron chi connectivity index (χ0n) is 13.9. The highest BCUT2D eigenvalue weighted by Crippen LogP contribution is 2.29. The lowest BCUT2D eigenvalue weighted by Crippen LogP contribution is -2.44. The van der Waals surface area contributed by atoms with E-state index in [-0.39, 0.29) is 5.91 Å². The Morgan fingerprint density at radius 3 is 2.57 bits per heavy atom. The largest absolute Gasteiger partial charge is 0.369 e. The number of hydrogen-bond acceptors (Lipinski definition) is 4. The zero-order chi connectivity index (χ0) is 15.6. The van der Waals surface area contributed by atoms with Crippen LogP contribution in [0.15, 0.2) is 4.99 Å². The smallest absolute Gasteiger partial charge is 0.257 e. The first kappa shape index (κ1) is 16.3. The third-order valence-electron chi connectivity index (χ3n) is 4.75. The molecule has 0 spiro atoms. The van der Waals surface area contributed by atoms with Crippen LogP contribution in [0.5, 0.6) is 0 Å². The van der Waals surface area contributed by atoms with Crippen LogP contribution in [0.2, 0.25) is 0 Å². The Bertz CT molecular complexity index is 413. The minimum atomic E-state index is -0.648. The van der Waals surface area contributed by atoms with Crippen molar-refractivity contribution in [3.05, 3.63) is 0 Å². The Labute approximate surface area is 128 Å². The molecule has 1 fully saturated rings. The first-order chi connectivity index (χ1) is 9.82. The number of nitrogens with zero attached hydrogens (tertiary/aromatic N) is 3. The fraction of sp³-hybridized carbons (Fsp3) is 0.875. The molecule has 120 valence electrons. The Morgan fingerprint density at radius 1 is 1.38 bits per heavy atom. The normalized spacial score (nSPS) is 28.5. The number of carbonyl (C=O) groups is 1. The van der Waals surface area contributed by atoms with Crippen molar-refractivity contribution in [2.75, 3.05) is 26.7 Å². The van der Waals surface area contributed by atoms with E-state index >= 15 is 0 Å². The van der Waals surface area contributed by atoms with Crippen LogP contribution >= 0.6 is 0 Å². The third kappa shape index (κ3) is 3.76. The molecule has 2 aliphatic rings. The molecule has 0 bridgehead atoms. The molecule has 0 radical (unpaired) electrons. The van der Waals surface area contributed by atoms with Gasteiger partial charge in [-0.05, 0) is 64.6 Å². The zero-order valence-corrected chi connectivity index (χ0v) is 13.9. The van der Waals surface area contributed by atoms with Crippen molar-refractivity contribution in [2.45, 2.75) is 52.0 Å². The highest BCUT2D eigenvalue weighted by molar-refractivity contribution is 6.06. The van der Waals surface area contributed by atoms with Crippen LogP contribution in [0.25, 0.3) is 0 Å². The van der Waals surface area contributed by atoms with E-state index in [1.807, 2.05) is 6.92 Å². The predicted molar refractivity (Wildman–Crippen MR) is 86.0 cm³/mol. The van der Waals surface area contributed by atoms with E-state index < -0.39 is 5.54 Å². The van der Waals surface area contributed by atoms with Gasteiger partial charge in [0.15, 0.2) is 5.96 Å². The number of piperidine rings is 1. The quantitative estimate of drug-likeness (QED) is 0.839. The van der Waals surface area contributed by atoms with Crippen LogP contribution in [-0.2, 0) is 4.79 Å². The third-order valence-corrected chi connectivity index (χ3v) is 4.75. The van der Waals surface area contributed by atoms with E-state index in [0.29, 0.717) is 17.8 Å². The second-order valence-electron chi connectivity index (χ2n) is 7.33. The summed E-state index contributed by atoms with van der Waals surface area (Å²) in [5.41, 5.74) is 5.36. The molecule has 0 aromatic carbocycles. The second kappa shape index (κ2) is 6.34. The van der Waals surface area contributed by atoms with Crippen molar-refractivity contribution in [1.29, 1.82) is 0 Å². The summed E-state index contributed by atoms with van der Waals surface area (Å²) in [5.74, 6) is 1.64. The maximum Gasteiger partial charge on any atom is 0.257 e. The maximum atomic E-state index is 12.6. The summed E-state index contributed by atoms with van der Waals surface area (Å²) in [6.45, 7) is 9.19. The van der Waals surface area contributed by atoms with Crippen molar-refractivity contribution >= 4 is 11.9 Å². The first-order valence-corrected chi connectivity index (χ1v) is 8.17. The van der Waals surface area contributed by atoms with E-state index in [2.05, 4.69) is 30.8 Å². The van der Waals surface area contributed by atoms with Crippen molar-refractivity contribution in [3.63, 3.8) is 0 Å². The molecule has 2 heterocycles. The van der Waals surface area contributed by atoms with E-state index in [0.717, 1.165) is 32.5 Å². The van der Waals surface area contributed by atoms with Crippen molar-refractivity contribution in [3.8, 4) is 0 Å². The summed E-state index contributed by atoms with van der Waals surface area (Å²) < 4.78 is 0. The number of rotatable bonds is 5. The molecule has 5 heteroatoms. The van der Waals surface area contributed by atoms with Gasteiger partial charge in [0.2, 0.25) is 0 Å². The van der Waals surface area contributed by atoms with Gasteiger partial charge in [-0.3, -0.25) is 9.69 Å². The Balaban J connectivity index is 1.90. The summed E-state index contributed by atoms with van der Waals surface area (Å²) in [7, 11) is 2.17. The van der Waals surface area contributed by atoms with Crippen LogP contribution in [-0.4, -0.2) is 53.9 Å². The molecule has 0 aliphatic carbocycles. The fourth-order valence-corrected chi connectivity index (χ4v) is 3.56. The molecule has 1 unspecified atom stereocenters. The Hall–Kier alpha value is -1.10. The number of carbonyl (C=O) groups excluding carboxylic acids is 1. The monoisotopic (exact) mass is 294 g/mol. The summed E-state index contributed by atoms with van der Waals surface area (Å²) in [6, 6.07) is 0. The van der Waals surface area contributed by atoms with Crippen LogP contribution in [0.1, 0.15) is 46.5 Å². The highest BCUT2D eigenvalue weighted by Gasteiger charge is 2.43. The van der Waals surface area contributed by atoms with E-state index in [9.17, 15) is 4.79 Å². The Morgan fingerprint density at radius 2 is 2.00 bits per heavy atom. The summed E-state index contributed by atoms with van der Waals surface area (Å²) >= 11 is 0. The SMILES string of the molecule is CC(C)CC1(C)N=C(N)N(CCC2CCN(C)CC2)C1=O.